The van der Waals surface area contributed by atoms with Gasteiger partial charge in [-0.15, -0.1) is 0 Å². The number of piperidine rings is 1. The molecule has 20 heavy (non-hydrogen) atoms. The van der Waals surface area contributed by atoms with Gasteiger partial charge in [0.15, 0.2) is 5.75 Å². The molecule has 1 saturated carbocycles. The lowest BCUT2D eigenvalue weighted by Crippen LogP contribution is -2.38. The molecule has 1 aromatic heterocycles. The second-order valence-electron chi connectivity index (χ2n) is 6.69. The number of carbonyl (C=O) groups is 1. The van der Waals surface area contributed by atoms with E-state index in [4.69, 9.17) is 9.47 Å². The first-order valence-electron chi connectivity index (χ1n) is 6.91. The molecular formula is C14H21N3O3. The number of hydrogen-bond acceptors (Lipinski definition) is 4. The monoisotopic (exact) mass is 279 g/mol. The number of fused-ring (bicyclic) bond motifs is 1. The van der Waals surface area contributed by atoms with Crippen LogP contribution >= 0.6 is 0 Å². The topological polar surface area (TPSA) is 56.6 Å². The van der Waals surface area contributed by atoms with Crippen molar-refractivity contribution in [3.8, 4) is 5.75 Å². The van der Waals surface area contributed by atoms with Crippen molar-refractivity contribution in [3.63, 3.8) is 0 Å². The molecule has 2 fully saturated rings. The summed E-state index contributed by atoms with van der Waals surface area (Å²) in [5.74, 6) is 1.22. The van der Waals surface area contributed by atoms with Gasteiger partial charge < -0.3 is 14.4 Å². The SMILES string of the molecule is COc1cnn(C23CC2CN(C(=O)OC(C)(C)C)C3)c1. The molecule has 0 aromatic carbocycles. The summed E-state index contributed by atoms with van der Waals surface area (Å²) in [7, 11) is 1.63. The normalized spacial score (nSPS) is 28.2. The highest BCUT2D eigenvalue weighted by molar-refractivity contribution is 5.69. The first-order chi connectivity index (χ1) is 9.34. The van der Waals surface area contributed by atoms with Gasteiger partial charge in [0.25, 0.3) is 0 Å². The molecule has 2 atom stereocenters. The van der Waals surface area contributed by atoms with Crippen LogP contribution in [0.15, 0.2) is 12.4 Å². The van der Waals surface area contributed by atoms with E-state index in [0.29, 0.717) is 12.5 Å². The fourth-order valence-electron chi connectivity index (χ4n) is 2.93. The molecule has 2 aliphatic rings. The van der Waals surface area contributed by atoms with Gasteiger partial charge in [-0.2, -0.15) is 5.10 Å². The van der Waals surface area contributed by atoms with Crippen LogP contribution in [-0.2, 0) is 10.3 Å². The van der Waals surface area contributed by atoms with Crippen molar-refractivity contribution in [1.82, 2.24) is 14.7 Å². The average molecular weight is 279 g/mol. The summed E-state index contributed by atoms with van der Waals surface area (Å²) in [4.78, 5) is 13.9. The second-order valence-corrected chi connectivity index (χ2v) is 6.69. The Hall–Kier alpha value is -1.72. The molecular weight excluding hydrogens is 258 g/mol. The van der Waals surface area contributed by atoms with Crippen LogP contribution in [0.5, 0.6) is 5.75 Å². The van der Waals surface area contributed by atoms with E-state index in [0.717, 1.165) is 18.7 Å². The van der Waals surface area contributed by atoms with Crippen LogP contribution in [0.2, 0.25) is 0 Å². The molecule has 1 saturated heterocycles. The second kappa shape index (κ2) is 4.14. The Balaban J connectivity index is 1.70. The van der Waals surface area contributed by atoms with E-state index in [1.165, 1.54) is 0 Å². The Morgan fingerprint density at radius 2 is 2.25 bits per heavy atom. The van der Waals surface area contributed by atoms with Crippen molar-refractivity contribution in [1.29, 1.82) is 0 Å². The van der Waals surface area contributed by atoms with E-state index in [1.54, 1.807) is 18.2 Å². The van der Waals surface area contributed by atoms with Crippen molar-refractivity contribution >= 4 is 6.09 Å². The number of nitrogens with zero attached hydrogens (tertiary/aromatic N) is 3. The number of rotatable bonds is 2. The molecule has 1 aliphatic heterocycles. The Bertz CT molecular complexity index is 534. The predicted molar refractivity (Wildman–Crippen MR) is 72.7 cm³/mol. The van der Waals surface area contributed by atoms with Gasteiger partial charge in [0.2, 0.25) is 0 Å². The summed E-state index contributed by atoms with van der Waals surface area (Å²) in [6.45, 7) is 7.07. The highest BCUT2D eigenvalue weighted by Crippen LogP contribution is 2.55. The molecule has 1 amide bonds. The van der Waals surface area contributed by atoms with Crippen LogP contribution in [0.1, 0.15) is 27.2 Å². The molecule has 1 aliphatic carbocycles. The van der Waals surface area contributed by atoms with Gasteiger partial charge in [0.05, 0.1) is 25.0 Å². The molecule has 0 N–H and O–H groups in total. The third kappa shape index (κ3) is 2.13. The average Bonchev–Trinajstić information content (AvgIpc) is 2.79. The summed E-state index contributed by atoms with van der Waals surface area (Å²) < 4.78 is 12.5. The fourth-order valence-corrected chi connectivity index (χ4v) is 2.93. The number of methoxy groups -OCH3 is 1. The van der Waals surface area contributed by atoms with E-state index in [-0.39, 0.29) is 11.6 Å². The molecule has 2 unspecified atom stereocenters. The largest absolute Gasteiger partial charge is 0.493 e. The zero-order valence-corrected chi connectivity index (χ0v) is 12.4. The van der Waals surface area contributed by atoms with Crippen molar-refractivity contribution in [2.24, 2.45) is 5.92 Å². The Morgan fingerprint density at radius 1 is 1.50 bits per heavy atom. The maximum Gasteiger partial charge on any atom is 0.410 e. The summed E-state index contributed by atoms with van der Waals surface area (Å²) in [5, 5.41) is 4.36. The number of ether oxygens (including phenoxy) is 2. The Kier molecular flexibility index (Phi) is 2.74. The molecule has 110 valence electrons. The lowest BCUT2D eigenvalue weighted by atomic mass is 10.2. The minimum Gasteiger partial charge on any atom is -0.493 e. The van der Waals surface area contributed by atoms with Gasteiger partial charge in [-0.3, -0.25) is 4.68 Å². The summed E-state index contributed by atoms with van der Waals surface area (Å²) in [6.07, 6.45) is 4.44. The highest BCUT2D eigenvalue weighted by atomic mass is 16.6. The van der Waals surface area contributed by atoms with Crippen molar-refractivity contribution in [2.45, 2.75) is 38.3 Å². The lowest BCUT2D eigenvalue weighted by Gasteiger charge is -2.26. The van der Waals surface area contributed by atoms with Gasteiger partial charge in [0, 0.05) is 19.0 Å². The lowest BCUT2D eigenvalue weighted by molar-refractivity contribution is 0.0262. The molecule has 0 bridgehead atoms. The molecule has 6 nitrogen and oxygen atoms in total. The standard InChI is InChI=1S/C14H21N3O3/c1-13(2,3)20-12(18)16-7-10-5-14(10,9-16)17-8-11(19-4)6-15-17/h6,8,10H,5,7,9H2,1-4H3. The van der Waals surface area contributed by atoms with Crippen LogP contribution in [0.3, 0.4) is 0 Å². The summed E-state index contributed by atoms with van der Waals surface area (Å²) >= 11 is 0. The minimum absolute atomic E-state index is 0.0479. The minimum atomic E-state index is -0.452. The van der Waals surface area contributed by atoms with E-state index >= 15 is 0 Å². The number of aromatic nitrogens is 2. The van der Waals surface area contributed by atoms with Crippen LogP contribution in [0.4, 0.5) is 4.79 Å². The zero-order valence-electron chi connectivity index (χ0n) is 12.4. The molecule has 0 spiro atoms. The maximum atomic E-state index is 12.1. The first kappa shape index (κ1) is 13.3. The number of hydrogen-bond donors (Lipinski definition) is 0. The quantitative estimate of drug-likeness (QED) is 0.829. The van der Waals surface area contributed by atoms with Crippen LogP contribution in [0.25, 0.3) is 0 Å². The van der Waals surface area contributed by atoms with Crippen molar-refractivity contribution in [2.75, 3.05) is 20.2 Å². The Morgan fingerprint density at radius 3 is 2.85 bits per heavy atom. The zero-order chi connectivity index (χ0) is 14.5. The maximum absolute atomic E-state index is 12.1. The Labute approximate surface area is 118 Å². The number of amides is 1. The number of carbonyl (C=O) groups excluding carboxylic acids is 1. The van der Waals surface area contributed by atoms with E-state index in [9.17, 15) is 4.79 Å². The fraction of sp³-hybridized carbons (Fsp3) is 0.714. The predicted octanol–water partition coefficient (Wildman–Crippen LogP) is 1.86. The number of likely N-dealkylation sites (tertiary alicyclic amines) is 1. The molecule has 6 heteroatoms. The van der Waals surface area contributed by atoms with E-state index < -0.39 is 5.60 Å². The van der Waals surface area contributed by atoms with Gasteiger partial charge in [-0.05, 0) is 27.2 Å². The van der Waals surface area contributed by atoms with E-state index in [2.05, 4.69) is 5.10 Å². The molecule has 1 aromatic rings. The van der Waals surface area contributed by atoms with E-state index in [1.807, 2.05) is 31.6 Å². The first-order valence-corrected chi connectivity index (χ1v) is 6.91. The highest BCUT2D eigenvalue weighted by Gasteiger charge is 2.63. The van der Waals surface area contributed by atoms with Gasteiger partial charge >= 0.3 is 6.09 Å². The third-order valence-corrected chi connectivity index (χ3v) is 4.01. The van der Waals surface area contributed by atoms with Crippen molar-refractivity contribution in [3.05, 3.63) is 12.4 Å². The van der Waals surface area contributed by atoms with Crippen LogP contribution in [0, 0.1) is 5.92 Å². The van der Waals surface area contributed by atoms with Gasteiger partial charge in [-0.25, -0.2) is 4.79 Å². The third-order valence-electron chi connectivity index (χ3n) is 4.01. The molecule has 3 rings (SSSR count). The van der Waals surface area contributed by atoms with Crippen LogP contribution in [-0.4, -0.2) is 46.6 Å². The molecule has 0 radical (unpaired) electrons. The van der Waals surface area contributed by atoms with Gasteiger partial charge in [-0.1, -0.05) is 0 Å². The van der Waals surface area contributed by atoms with Gasteiger partial charge in [0.1, 0.15) is 5.60 Å². The summed E-state index contributed by atoms with van der Waals surface area (Å²) in [5.41, 5.74) is -0.500. The summed E-state index contributed by atoms with van der Waals surface area (Å²) in [6, 6.07) is 0. The van der Waals surface area contributed by atoms with Crippen LogP contribution < -0.4 is 4.74 Å². The molecule has 2 heterocycles. The van der Waals surface area contributed by atoms with Crippen molar-refractivity contribution < 1.29 is 14.3 Å². The smallest absolute Gasteiger partial charge is 0.410 e.